The highest BCUT2D eigenvalue weighted by atomic mass is 19.1. The summed E-state index contributed by atoms with van der Waals surface area (Å²) < 4.78 is 17.7. The van der Waals surface area contributed by atoms with E-state index in [2.05, 4.69) is 6.92 Å². The molecule has 10 heteroatoms. The first-order chi connectivity index (χ1) is 19.1. The number of likely N-dealkylation sites (tertiary alicyclic amines) is 1. The Balaban J connectivity index is 1.15. The second-order valence-electron chi connectivity index (χ2n) is 12.0. The van der Waals surface area contributed by atoms with E-state index in [4.69, 9.17) is 10.2 Å². The van der Waals surface area contributed by atoms with Crippen LogP contribution in [0.25, 0.3) is 0 Å². The fourth-order valence-electron chi connectivity index (χ4n) is 7.18. The monoisotopic (exact) mass is 551 g/mol. The lowest BCUT2D eigenvalue weighted by molar-refractivity contribution is -0.136. The van der Waals surface area contributed by atoms with Gasteiger partial charge in [-0.05, 0) is 54.7 Å². The number of aliphatic hydroxyl groups is 1. The SMILES string of the molecule is Cc1cccc(C2(F)CCN(C(=O)Cn3nc(C(=O)N4CCN(C(=O)CO)CC4)c4c3C[C@H]3[C@@H](C)[C@@H]43)CC2)c1C. The van der Waals surface area contributed by atoms with Gasteiger partial charge in [0.05, 0.1) is 0 Å². The number of amides is 3. The van der Waals surface area contributed by atoms with Crippen molar-refractivity contribution in [2.24, 2.45) is 11.8 Å². The van der Waals surface area contributed by atoms with Gasteiger partial charge in [-0.2, -0.15) is 5.10 Å². The lowest BCUT2D eigenvalue weighted by Crippen LogP contribution is -2.51. The van der Waals surface area contributed by atoms with Crippen LogP contribution in [0.15, 0.2) is 18.2 Å². The standard InChI is InChI=1S/C30H38FN5O4/c1-18-5-4-6-22(19(18)2)30(31)7-9-33(10-8-30)24(38)16-36-23-15-21-20(3)26(21)27(23)28(32-36)29(40)35-13-11-34(12-14-35)25(39)17-37/h4-6,20-21,26,37H,7-17H2,1-3H3/t20-,21+,26-/m1/s1. The Morgan fingerprint density at radius 2 is 1.65 bits per heavy atom. The third-order valence-electron chi connectivity index (χ3n) is 9.96. The van der Waals surface area contributed by atoms with Gasteiger partial charge in [-0.1, -0.05) is 25.1 Å². The largest absolute Gasteiger partial charge is 0.387 e. The zero-order valence-corrected chi connectivity index (χ0v) is 23.5. The first-order valence-electron chi connectivity index (χ1n) is 14.4. The number of hydrogen-bond acceptors (Lipinski definition) is 5. The van der Waals surface area contributed by atoms with Gasteiger partial charge in [0, 0.05) is 63.4 Å². The van der Waals surface area contributed by atoms with Crippen LogP contribution in [0.3, 0.4) is 0 Å². The molecule has 6 rings (SSSR count). The number of aromatic nitrogens is 2. The first kappa shape index (κ1) is 26.9. The molecule has 3 atom stereocenters. The predicted molar refractivity (Wildman–Crippen MR) is 145 cm³/mol. The number of aliphatic hydroxyl groups excluding tert-OH is 1. The number of carbonyl (C=O) groups is 3. The summed E-state index contributed by atoms with van der Waals surface area (Å²) in [7, 11) is 0. The van der Waals surface area contributed by atoms with Crippen LogP contribution in [0.5, 0.6) is 0 Å². The van der Waals surface area contributed by atoms with E-state index in [1.165, 1.54) is 0 Å². The van der Waals surface area contributed by atoms with Gasteiger partial charge >= 0.3 is 0 Å². The topological polar surface area (TPSA) is 99.0 Å². The van der Waals surface area contributed by atoms with Crippen molar-refractivity contribution < 1.29 is 23.9 Å². The van der Waals surface area contributed by atoms with Crippen LogP contribution in [-0.4, -0.2) is 93.2 Å². The van der Waals surface area contributed by atoms with Crippen LogP contribution >= 0.6 is 0 Å². The molecule has 2 saturated heterocycles. The summed E-state index contributed by atoms with van der Waals surface area (Å²) >= 11 is 0. The lowest BCUT2D eigenvalue weighted by atomic mass is 9.82. The first-order valence-corrected chi connectivity index (χ1v) is 14.4. The van der Waals surface area contributed by atoms with Crippen LogP contribution in [0.1, 0.15) is 64.1 Å². The Morgan fingerprint density at radius 1 is 1.00 bits per heavy atom. The van der Waals surface area contributed by atoms with Crippen molar-refractivity contribution in [1.29, 1.82) is 0 Å². The summed E-state index contributed by atoms with van der Waals surface area (Å²) in [6.07, 6.45) is 1.33. The molecule has 3 fully saturated rings. The van der Waals surface area contributed by atoms with Gasteiger partial charge in [-0.3, -0.25) is 19.1 Å². The molecule has 4 aliphatic rings. The Morgan fingerprint density at radius 3 is 2.33 bits per heavy atom. The fourth-order valence-corrected chi connectivity index (χ4v) is 7.18. The smallest absolute Gasteiger partial charge is 0.274 e. The van der Waals surface area contributed by atoms with E-state index in [0.29, 0.717) is 62.7 Å². The van der Waals surface area contributed by atoms with Crippen LogP contribution < -0.4 is 0 Å². The number of alkyl halides is 1. The van der Waals surface area contributed by atoms with E-state index >= 15 is 4.39 Å². The summed E-state index contributed by atoms with van der Waals surface area (Å²) in [5.41, 5.74) is 3.72. The number of piperazine rings is 1. The third-order valence-corrected chi connectivity index (χ3v) is 9.96. The zero-order valence-electron chi connectivity index (χ0n) is 23.5. The summed E-state index contributed by atoms with van der Waals surface area (Å²) in [5, 5.41) is 13.8. The highest BCUT2D eigenvalue weighted by Crippen LogP contribution is 2.62. The summed E-state index contributed by atoms with van der Waals surface area (Å²) in [6.45, 7) is 7.87. The highest BCUT2D eigenvalue weighted by Gasteiger charge is 2.56. The predicted octanol–water partition coefficient (Wildman–Crippen LogP) is 2.17. The molecule has 0 bridgehead atoms. The van der Waals surface area contributed by atoms with Crippen molar-refractivity contribution in [1.82, 2.24) is 24.5 Å². The molecule has 40 heavy (non-hydrogen) atoms. The third kappa shape index (κ3) is 4.40. The summed E-state index contributed by atoms with van der Waals surface area (Å²) in [5.74, 6) is 0.692. The molecule has 0 spiro atoms. The van der Waals surface area contributed by atoms with Crippen LogP contribution in [-0.2, 0) is 28.2 Å². The Labute approximate surface area is 233 Å². The number of halogens is 1. The molecule has 2 aromatic rings. The Hall–Kier alpha value is -3.27. The number of carbonyl (C=O) groups excluding carboxylic acids is 3. The normalized spacial score (nSPS) is 25.0. The molecule has 2 aliphatic heterocycles. The number of rotatable bonds is 5. The zero-order chi connectivity index (χ0) is 28.3. The maximum absolute atomic E-state index is 16.0. The average Bonchev–Trinajstić information content (AvgIpc) is 3.25. The quantitative estimate of drug-likeness (QED) is 0.614. The van der Waals surface area contributed by atoms with Gasteiger partial charge < -0.3 is 19.8 Å². The highest BCUT2D eigenvalue weighted by molar-refractivity contribution is 5.95. The van der Waals surface area contributed by atoms with E-state index in [-0.39, 0.29) is 37.1 Å². The Kier molecular flexibility index (Phi) is 6.71. The number of nitrogens with zero attached hydrogens (tertiary/aromatic N) is 5. The van der Waals surface area contributed by atoms with Gasteiger partial charge in [-0.25, -0.2) is 4.39 Å². The Bertz CT molecular complexity index is 1360. The molecule has 1 aromatic carbocycles. The maximum Gasteiger partial charge on any atom is 0.274 e. The number of hydrogen-bond donors (Lipinski definition) is 1. The molecule has 1 saturated carbocycles. The maximum atomic E-state index is 16.0. The molecule has 0 radical (unpaired) electrons. The van der Waals surface area contributed by atoms with Crippen molar-refractivity contribution in [2.75, 3.05) is 45.9 Å². The number of piperidine rings is 1. The van der Waals surface area contributed by atoms with Gasteiger partial charge in [0.1, 0.15) is 18.8 Å². The van der Waals surface area contributed by atoms with Crippen molar-refractivity contribution in [3.05, 3.63) is 51.8 Å². The molecular formula is C30H38FN5O4. The number of fused-ring (bicyclic) bond motifs is 3. The van der Waals surface area contributed by atoms with E-state index in [1.807, 2.05) is 32.0 Å². The van der Waals surface area contributed by atoms with E-state index in [1.54, 1.807) is 19.4 Å². The molecule has 2 aliphatic carbocycles. The van der Waals surface area contributed by atoms with E-state index < -0.39 is 12.3 Å². The molecular weight excluding hydrogens is 513 g/mol. The van der Waals surface area contributed by atoms with Gasteiger partial charge in [0.2, 0.25) is 11.8 Å². The second-order valence-corrected chi connectivity index (χ2v) is 12.0. The van der Waals surface area contributed by atoms with Crippen molar-refractivity contribution in [3.8, 4) is 0 Å². The molecule has 0 unspecified atom stereocenters. The van der Waals surface area contributed by atoms with Crippen molar-refractivity contribution >= 4 is 17.7 Å². The fraction of sp³-hybridized carbons (Fsp3) is 0.600. The van der Waals surface area contributed by atoms with Crippen LogP contribution in [0.2, 0.25) is 0 Å². The van der Waals surface area contributed by atoms with Gasteiger partial charge in [0.15, 0.2) is 5.69 Å². The second kappa shape index (κ2) is 9.98. The average molecular weight is 552 g/mol. The van der Waals surface area contributed by atoms with Crippen molar-refractivity contribution in [3.63, 3.8) is 0 Å². The molecule has 1 aromatic heterocycles. The van der Waals surface area contributed by atoms with Gasteiger partial charge in [0.25, 0.3) is 5.91 Å². The number of benzene rings is 1. The van der Waals surface area contributed by atoms with Crippen LogP contribution in [0.4, 0.5) is 4.39 Å². The molecule has 3 amide bonds. The van der Waals surface area contributed by atoms with Crippen molar-refractivity contribution in [2.45, 2.75) is 58.2 Å². The lowest BCUT2D eigenvalue weighted by Gasteiger charge is -2.37. The molecule has 1 N–H and O–H groups in total. The van der Waals surface area contributed by atoms with E-state index in [9.17, 15) is 14.4 Å². The minimum absolute atomic E-state index is 0.0466. The minimum Gasteiger partial charge on any atom is -0.387 e. The van der Waals surface area contributed by atoms with Crippen LogP contribution in [0, 0.1) is 25.7 Å². The molecule has 9 nitrogen and oxygen atoms in total. The summed E-state index contributed by atoms with van der Waals surface area (Å²) in [6, 6.07) is 5.75. The molecule has 3 heterocycles. The van der Waals surface area contributed by atoms with E-state index in [0.717, 1.165) is 34.4 Å². The molecule has 214 valence electrons. The minimum atomic E-state index is -1.44. The number of aryl methyl sites for hydroxylation is 1. The van der Waals surface area contributed by atoms with Gasteiger partial charge in [-0.15, -0.1) is 0 Å². The summed E-state index contributed by atoms with van der Waals surface area (Å²) in [4.78, 5) is 43.8.